The van der Waals surface area contributed by atoms with E-state index in [1.165, 1.54) is 6.92 Å². The van der Waals surface area contributed by atoms with Gasteiger partial charge < -0.3 is 0 Å². The number of rotatable bonds is 3. The van der Waals surface area contributed by atoms with Crippen molar-refractivity contribution in [3.8, 4) is 10.4 Å². The smallest absolute Gasteiger partial charge is 0.294 e. The molecule has 0 N–H and O–H groups in total. The summed E-state index contributed by atoms with van der Waals surface area (Å²) in [6, 6.07) is 4.84. The topological polar surface area (TPSA) is 60.2 Å². The molecule has 0 aliphatic rings. The Labute approximate surface area is 133 Å². The van der Waals surface area contributed by atoms with Crippen molar-refractivity contribution in [3.63, 3.8) is 0 Å². The Kier molecular flexibility index (Phi) is 4.39. The quantitative estimate of drug-likeness (QED) is 0.362. The fourth-order valence-corrected chi connectivity index (χ4v) is 3.79. The summed E-state index contributed by atoms with van der Waals surface area (Å²) < 4.78 is 0. The number of nitrogens with zero attached hydrogens (tertiary/aromatic N) is 1. The van der Waals surface area contributed by atoms with Gasteiger partial charge in [-0.25, -0.2) is 0 Å². The molecule has 1 heterocycles. The molecule has 0 amide bonds. The van der Waals surface area contributed by atoms with Crippen LogP contribution >= 0.6 is 47.2 Å². The summed E-state index contributed by atoms with van der Waals surface area (Å²) in [5.74, 6) is -0.285. The average molecular weight is 348 g/mol. The van der Waals surface area contributed by atoms with Crippen LogP contribution in [0.2, 0.25) is 10.0 Å². The lowest BCUT2D eigenvalue weighted by Crippen LogP contribution is -1.92. The molecule has 0 bridgehead atoms. The lowest BCUT2D eigenvalue weighted by molar-refractivity contribution is -0.386. The van der Waals surface area contributed by atoms with Gasteiger partial charge in [-0.2, -0.15) is 0 Å². The number of Topliss-reactive ketones (excluding diaryl/α,β-unsaturated/α-hetero) is 1. The first kappa shape index (κ1) is 15.3. The first-order valence-corrected chi connectivity index (χ1v) is 7.32. The average Bonchev–Trinajstić information content (AvgIpc) is 2.70. The van der Waals surface area contributed by atoms with Gasteiger partial charge in [-0.15, -0.1) is 24.0 Å². The van der Waals surface area contributed by atoms with Gasteiger partial charge >= 0.3 is 5.69 Å². The van der Waals surface area contributed by atoms with E-state index in [2.05, 4.69) is 12.6 Å². The largest absolute Gasteiger partial charge is 0.301 e. The van der Waals surface area contributed by atoms with Crippen molar-refractivity contribution in [2.75, 3.05) is 0 Å². The zero-order valence-electron chi connectivity index (χ0n) is 10.0. The van der Waals surface area contributed by atoms with Gasteiger partial charge in [0, 0.05) is 5.56 Å². The summed E-state index contributed by atoms with van der Waals surface area (Å²) in [6.45, 7) is 1.33. The van der Waals surface area contributed by atoms with Crippen LogP contribution in [0.4, 0.5) is 5.69 Å². The number of benzene rings is 1. The molecule has 0 saturated heterocycles. The molecule has 0 saturated carbocycles. The third-order valence-corrected chi connectivity index (χ3v) is 5.28. The van der Waals surface area contributed by atoms with Crippen molar-refractivity contribution in [2.45, 2.75) is 11.8 Å². The summed E-state index contributed by atoms with van der Waals surface area (Å²) in [7, 11) is 0. The minimum Gasteiger partial charge on any atom is -0.294 e. The summed E-state index contributed by atoms with van der Waals surface area (Å²) in [5.41, 5.74) is 0.186. The molecule has 0 spiro atoms. The maximum absolute atomic E-state index is 11.5. The highest BCUT2D eigenvalue weighted by Crippen LogP contribution is 2.47. The molecular formula is C12H7Cl2NO3S2. The maximum atomic E-state index is 11.5. The number of hydrogen-bond donors (Lipinski definition) is 1. The molecule has 0 atom stereocenters. The Morgan fingerprint density at radius 1 is 1.40 bits per heavy atom. The third kappa shape index (κ3) is 2.56. The highest BCUT2D eigenvalue weighted by molar-refractivity contribution is 7.80. The van der Waals surface area contributed by atoms with Gasteiger partial charge in [0.2, 0.25) is 0 Å². The summed E-state index contributed by atoms with van der Waals surface area (Å²) >= 11 is 17.1. The van der Waals surface area contributed by atoms with Crippen molar-refractivity contribution in [1.82, 2.24) is 0 Å². The predicted molar refractivity (Wildman–Crippen MR) is 83.7 cm³/mol. The molecule has 1 aromatic heterocycles. The zero-order chi connectivity index (χ0) is 15.0. The Balaban J connectivity index is 2.80. The van der Waals surface area contributed by atoms with Gasteiger partial charge in [-0.05, 0) is 13.0 Å². The summed E-state index contributed by atoms with van der Waals surface area (Å²) in [5, 5.41) is 11.7. The van der Waals surface area contributed by atoms with Gasteiger partial charge in [-0.3, -0.25) is 14.9 Å². The van der Waals surface area contributed by atoms with Crippen LogP contribution in [-0.4, -0.2) is 10.7 Å². The van der Waals surface area contributed by atoms with Gasteiger partial charge in [0.15, 0.2) is 5.78 Å². The highest BCUT2D eigenvalue weighted by Gasteiger charge is 2.29. The van der Waals surface area contributed by atoms with Crippen molar-refractivity contribution in [1.29, 1.82) is 0 Å². The van der Waals surface area contributed by atoms with E-state index >= 15 is 0 Å². The van der Waals surface area contributed by atoms with Gasteiger partial charge in [0.25, 0.3) is 0 Å². The van der Waals surface area contributed by atoms with E-state index in [-0.39, 0.29) is 36.2 Å². The number of halogens is 2. The van der Waals surface area contributed by atoms with Crippen LogP contribution in [0.1, 0.15) is 16.6 Å². The molecule has 8 heteroatoms. The normalized spacial score (nSPS) is 10.6. The number of thiophene rings is 1. The van der Waals surface area contributed by atoms with E-state index in [4.69, 9.17) is 23.2 Å². The van der Waals surface area contributed by atoms with Crippen LogP contribution < -0.4 is 0 Å². The van der Waals surface area contributed by atoms with Crippen molar-refractivity contribution in [3.05, 3.63) is 43.2 Å². The van der Waals surface area contributed by atoms with Crippen molar-refractivity contribution >= 4 is 58.6 Å². The molecule has 0 fully saturated rings. The second-order valence-corrected chi connectivity index (χ2v) is 6.13. The molecule has 4 nitrogen and oxygen atoms in total. The Bertz CT molecular complexity index is 728. The van der Waals surface area contributed by atoms with E-state index in [9.17, 15) is 14.9 Å². The van der Waals surface area contributed by atoms with Crippen LogP contribution in [0.5, 0.6) is 0 Å². The molecule has 104 valence electrons. The minimum atomic E-state index is -0.572. The molecule has 1 aromatic carbocycles. The van der Waals surface area contributed by atoms with Crippen LogP contribution in [0.3, 0.4) is 0 Å². The SMILES string of the molecule is CC(=O)c1sc(-c2cccc(Cl)c2Cl)c([N+](=O)[O-])c1S. The number of carbonyl (C=O) groups excluding carboxylic acids is 1. The molecule has 0 aliphatic carbocycles. The van der Waals surface area contributed by atoms with E-state index in [0.717, 1.165) is 11.3 Å². The molecule has 0 unspecified atom stereocenters. The monoisotopic (exact) mass is 347 g/mol. The second kappa shape index (κ2) is 5.73. The molecule has 2 aromatic rings. The number of ketones is 1. The fourth-order valence-electron chi connectivity index (χ4n) is 1.68. The maximum Gasteiger partial charge on any atom is 0.301 e. The van der Waals surface area contributed by atoms with Crippen molar-refractivity contribution < 1.29 is 9.72 Å². The molecular weight excluding hydrogens is 341 g/mol. The molecule has 0 radical (unpaired) electrons. The van der Waals surface area contributed by atoms with E-state index in [0.29, 0.717) is 5.56 Å². The van der Waals surface area contributed by atoms with Gasteiger partial charge in [0.1, 0.15) is 9.77 Å². The van der Waals surface area contributed by atoms with Crippen LogP contribution in [0.15, 0.2) is 23.1 Å². The lowest BCUT2D eigenvalue weighted by Gasteiger charge is -2.03. The zero-order valence-corrected chi connectivity index (χ0v) is 13.2. The first-order valence-electron chi connectivity index (χ1n) is 5.30. The molecule has 20 heavy (non-hydrogen) atoms. The fraction of sp³-hybridized carbons (Fsp3) is 0.0833. The van der Waals surface area contributed by atoms with Crippen molar-refractivity contribution in [2.24, 2.45) is 0 Å². The Morgan fingerprint density at radius 2 is 2.05 bits per heavy atom. The minimum absolute atomic E-state index is 0.0542. The van der Waals surface area contributed by atoms with Gasteiger partial charge in [0.05, 0.1) is 19.8 Å². The van der Waals surface area contributed by atoms with E-state index < -0.39 is 4.92 Å². The summed E-state index contributed by atoms with van der Waals surface area (Å²) in [6.07, 6.45) is 0. The number of thiol groups is 1. The predicted octanol–water partition coefficient (Wildman–Crippen LogP) is 5.12. The third-order valence-electron chi connectivity index (χ3n) is 2.56. The van der Waals surface area contributed by atoms with Crippen LogP contribution in [0.25, 0.3) is 10.4 Å². The highest BCUT2D eigenvalue weighted by atomic mass is 35.5. The molecule has 0 aliphatic heterocycles. The molecule has 2 rings (SSSR count). The van der Waals surface area contributed by atoms with Crippen LogP contribution in [0, 0.1) is 10.1 Å². The lowest BCUT2D eigenvalue weighted by atomic mass is 10.1. The standard InChI is InChI=1S/C12H7Cl2NO3S2/c1-5(16)11-10(19)9(15(17)18)12(20-11)6-3-2-4-7(13)8(6)14/h2-4,19H,1H3. The summed E-state index contributed by atoms with van der Waals surface area (Å²) in [4.78, 5) is 22.7. The van der Waals surface area contributed by atoms with E-state index in [1.54, 1.807) is 18.2 Å². The second-order valence-electron chi connectivity index (χ2n) is 3.87. The number of carbonyl (C=O) groups is 1. The van der Waals surface area contributed by atoms with Gasteiger partial charge in [-0.1, -0.05) is 35.3 Å². The number of hydrogen-bond acceptors (Lipinski definition) is 5. The van der Waals surface area contributed by atoms with E-state index in [1.807, 2.05) is 0 Å². The first-order chi connectivity index (χ1) is 9.34. The Morgan fingerprint density at radius 3 is 2.60 bits per heavy atom. The van der Waals surface area contributed by atoms with Crippen LogP contribution in [-0.2, 0) is 0 Å². The number of nitro groups is 1. The Hall–Kier alpha value is -1.08.